The Morgan fingerprint density at radius 2 is 1.29 bits per heavy atom. The molecule has 1 aromatic carbocycles. The van der Waals surface area contributed by atoms with E-state index in [0.717, 1.165) is 51.4 Å². The summed E-state index contributed by atoms with van der Waals surface area (Å²) in [7, 11) is -3.96. The van der Waals surface area contributed by atoms with Gasteiger partial charge in [0.25, 0.3) is 0 Å². The average Bonchev–Trinajstić information content (AvgIpc) is 2.98. The first-order chi connectivity index (χ1) is 20.4. The maximum absolute atomic E-state index is 14.1. The Hall–Kier alpha value is -1.31. The monoisotopic (exact) mass is 651 g/mol. The third-order valence-electron chi connectivity index (χ3n) is 6.62. The van der Waals surface area contributed by atoms with Crippen LogP contribution in [0.4, 0.5) is 0 Å². The fourth-order valence-electron chi connectivity index (χ4n) is 4.23. The first kappa shape index (κ1) is 38.7. The van der Waals surface area contributed by atoms with Crippen molar-refractivity contribution in [2.24, 2.45) is 0 Å². The predicted octanol–water partition coefficient (Wildman–Crippen LogP) is 8.93. The lowest BCUT2D eigenvalue weighted by Crippen LogP contribution is -2.33. The minimum absolute atomic E-state index is 0.176. The van der Waals surface area contributed by atoms with E-state index in [2.05, 4.69) is 13.8 Å². The smallest absolute Gasteiger partial charge is 0.461 e. The Labute approximate surface area is 263 Å². The van der Waals surface area contributed by atoms with Gasteiger partial charge in [0.2, 0.25) is 0 Å². The van der Waals surface area contributed by atoms with E-state index in [1.807, 2.05) is 6.07 Å². The summed E-state index contributed by atoms with van der Waals surface area (Å²) in [5.74, 6) is -0.0816. The number of para-hydroxylation sites is 1. The van der Waals surface area contributed by atoms with Gasteiger partial charge < -0.3 is 14.0 Å². The van der Waals surface area contributed by atoms with E-state index in [1.165, 1.54) is 23.9 Å². The number of hydrogen-bond donors (Lipinski definition) is 0. The lowest BCUT2D eigenvalue weighted by atomic mass is 10.1. The summed E-state index contributed by atoms with van der Waals surface area (Å²) >= 11 is 12.0. The molecule has 1 aromatic rings. The molecule has 0 spiro atoms. The molecule has 1 rings (SSSR count). The minimum atomic E-state index is -3.96. The fraction of sp³-hybridized carbons (Fsp3) is 0.742. The number of rotatable bonds is 27. The van der Waals surface area contributed by atoms with E-state index < -0.39 is 19.8 Å². The summed E-state index contributed by atoms with van der Waals surface area (Å²) in [5.41, 5.74) is 0. The van der Waals surface area contributed by atoms with Crippen LogP contribution in [0.3, 0.4) is 0 Å². The number of hydrogen-bond acceptors (Lipinski definition) is 7. The van der Waals surface area contributed by atoms with Crippen LogP contribution in [-0.2, 0) is 28.2 Å². The normalized spacial score (nSPS) is 13.5. The fourth-order valence-corrected chi connectivity index (χ4v) is 6.64. The molecule has 0 aliphatic carbocycles. The van der Waals surface area contributed by atoms with Gasteiger partial charge in [0.15, 0.2) is 6.10 Å². The molecule has 0 unspecified atom stereocenters. The molecule has 0 aliphatic rings. The molecule has 0 radical (unpaired) electrons. The van der Waals surface area contributed by atoms with Crippen LogP contribution in [0.5, 0.6) is 5.75 Å². The van der Waals surface area contributed by atoms with Gasteiger partial charge in [-0.25, -0.2) is 4.57 Å². The zero-order chi connectivity index (χ0) is 30.9. The van der Waals surface area contributed by atoms with Gasteiger partial charge in [-0.1, -0.05) is 96.3 Å². The van der Waals surface area contributed by atoms with Crippen LogP contribution < -0.4 is 4.52 Å². The van der Waals surface area contributed by atoms with E-state index >= 15 is 0 Å². The molecule has 0 heterocycles. The van der Waals surface area contributed by atoms with Crippen LogP contribution in [0.1, 0.15) is 104 Å². The summed E-state index contributed by atoms with van der Waals surface area (Å²) in [5, 5.41) is 0. The topological polar surface area (TPSA) is 91.4 Å². The highest BCUT2D eigenvalue weighted by molar-refractivity contribution is 7.51. The third kappa shape index (κ3) is 18.4. The van der Waals surface area contributed by atoms with Crippen LogP contribution >= 0.6 is 30.9 Å². The summed E-state index contributed by atoms with van der Waals surface area (Å²) in [6.07, 6.45) is 12.1. The van der Waals surface area contributed by atoms with Gasteiger partial charge >= 0.3 is 19.7 Å². The first-order valence-electron chi connectivity index (χ1n) is 15.6. The van der Waals surface area contributed by atoms with E-state index in [9.17, 15) is 14.2 Å². The van der Waals surface area contributed by atoms with Gasteiger partial charge in [-0.15, -0.1) is 23.2 Å². The average molecular weight is 653 g/mol. The van der Waals surface area contributed by atoms with Crippen LogP contribution in [0.15, 0.2) is 30.3 Å². The van der Waals surface area contributed by atoms with Gasteiger partial charge in [0, 0.05) is 37.7 Å². The van der Waals surface area contributed by atoms with Crippen molar-refractivity contribution < 1.29 is 32.7 Å². The largest absolute Gasteiger partial charge is 0.462 e. The molecule has 2 atom stereocenters. The minimum Gasteiger partial charge on any atom is -0.462 e. The second kappa shape index (κ2) is 25.1. The van der Waals surface area contributed by atoms with Crippen molar-refractivity contribution in [3.05, 3.63) is 30.3 Å². The zero-order valence-corrected chi connectivity index (χ0v) is 28.0. The Morgan fingerprint density at radius 1 is 0.762 bits per heavy atom. The van der Waals surface area contributed by atoms with Crippen LogP contribution in [-0.4, -0.2) is 60.8 Å². The molecule has 0 saturated heterocycles. The van der Waals surface area contributed by atoms with Gasteiger partial charge in [-0.3, -0.25) is 14.1 Å². The number of nitrogens with zero attached hydrogens (tertiary/aromatic N) is 1. The lowest BCUT2D eigenvalue weighted by molar-refractivity contribution is -0.161. The maximum Gasteiger partial charge on any atom is 0.461 e. The molecule has 0 fully saturated rings. The van der Waals surface area contributed by atoms with Crippen molar-refractivity contribution in [3.8, 4) is 5.75 Å². The molecular weight excluding hydrogens is 600 g/mol. The summed E-state index contributed by atoms with van der Waals surface area (Å²) in [6.45, 7) is 4.24. The quantitative estimate of drug-likeness (QED) is 0.0403. The highest BCUT2D eigenvalue weighted by Crippen LogP contribution is 2.52. The Balaban J connectivity index is 2.86. The van der Waals surface area contributed by atoms with E-state index in [-0.39, 0.29) is 50.5 Å². The number of carbonyl (C=O) groups is 2. The molecule has 0 aromatic heterocycles. The zero-order valence-electron chi connectivity index (χ0n) is 25.6. The predicted molar refractivity (Wildman–Crippen MR) is 170 cm³/mol. The van der Waals surface area contributed by atoms with Crippen molar-refractivity contribution in [2.45, 2.75) is 110 Å². The summed E-state index contributed by atoms with van der Waals surface area (Å²) < 4.78 is 38.4. The second-order valence-electron chi connectivity index (χ2n) is 10.3. The van der Waals surface area contributed by atoms with Crippen molar-refractivity contribution in [2.75, 3.05) is 38.1 Å². The van der Waals surface area contributed by atoms with Crippen molar-refractivity contribution >= 4 is 42.9 Å². The van der Waals surface area contributed by atoms with Gasteiger partial charge in [0.1, 0.15) is 12.4 Å². The molecule has 0 aliphatic heterocycles. The molecular formula is C31H52Cl2NO7P. The summed E-state index contributed by atoms with van der Waals surface area (Å²) in [6, 6.07) is 8.65. The molecule has 11 heteroatoms. The number of benzene rings is 1. The molecule has 0 amide bonds. The highest BCUT2D eigenvalue weighted by atomic mass is 35.5. The molecule has 0 saturated carbocycles. The van der Waals surface area contributed by atoms with Gasteiger partial charge in [0.05, 0.1) is 6.61 Å². The van der Waals surface area contributed by atoms with E-state index in [4.69, 9.17) is 41.7 Å². The molecule has 8 nitrogen and oxygen atoms in total. The van der Waals surface area contributed by atoms with E-state index in [0.29, 0.717) is 18.6 Å². The standard InChI is InChI=1S/C31H52Cl2NO7P/c1-3-5-7-9-11-16-20-30(35)38-26-29(40-31(36)21-17-12-10-8-6-4-2)27-39-42(37,34(24-22-32)25-23-33)41-28-18-14-13-15-19-28/h13-15,18-19,29H,3-12,16-17,20-27H2,1-2H3/t29-,42+/m1/s1. The first-order valence-corrected chi connectivity index (χ1v) is 18.2. The SMILES string of the molecule is CCCCCCCCC(=O)OC[C@H](CO[P@](=O)(Oc1ccccc1)N(CCCl)CCCl)OC(=O)CCCCCCCC. The number of alkyl halides is 2. The van der Waals surface area contributed by atoms with Crippen molar-refractivity contribution in [1.82, 2.24) is 4.67 Å². The number of halogens is 2. The van der Waals surface area contributed by atoms with E-state index in [1.54, 1.807) is 24.3 Å². The molecule has 42 heavy (non-hydrogen) atoms. The van der Waals surface area contributed by atoms with Crippen molar-refractivity contribution in [3.63, 3.8) is 0 Å². The maximum atomic E-state index is 14.1. The lowest BCUT2D eigenvalue weighted by Gasteiger charge is -2.30. The summed E-state index contributed by atoms with van der Waals surface area (Å²) in [4.78, 5) is 25.1. The second-order valence-corrected chi connectivity index (χ2v) is 13.0. The Kier molecular flexibility index (Phi) is 23.1. The van der Waals surface area contributed by atoms with Crippen molar-refractivity contribution in [1.29, 1.82) is 0 Å². The van der Waals surface area contributed by atoms with Gasteiger partial charge in [-0.2, -0.15) is 4.67 Å². The van der Waals surface area contributed by atoms with Crippen LogP contribution in [0.25, 0.3) is 0 Å². The number of carbonyl (C=O) groups excluding carboxylic acids is 2. The molecule has 0 N–H and O–H groups in total. The number of esters is 2. The third-order valence-corrected chi connectivity index (χ3v) is 8.96. The molecule has 242 valence electrons. The van der Waals surface area contributed by atoms with Crippen LogP contribution in [0, 0.1) is 0 Å². The Morgan fingerprint density at radius 3 is 1.83 bits per heavy atom. The van der Waals surface area contributed by atoms with Crippen LogP contribution in [0.2, 0.25) is 0 Å². The number of ether oxygens (including phenoxy) is 2. The Bertz CT molecular complexity index is 872. The molecule has 0 bridgehead atoms. The van der Waals surface area contributed by atoms with Gasteiger partial charge in [-0.05, 0) is 25.0 Å². The number of unbranched alkanes of at least 4 members (excludes halogenated alkanes) is 10. The highest BCUT2D eigenvalue weighted by Gasteiger charge is 2.36.